The Morgan fingerprint density at radius 2 is 1.72 bits per heavy atom. The summed E-state index contributed by atoms with van der Waals surface area (Å²) in [7, 11) is 4.44. The molecular formula is C18H18O7. The first-order chi connectivity index (χ1) is 12.0. The van der Waals surface area contributed by atoms with Gasteiger partial charge in [0.2, 0.25) is 5.78 Å². The van der Waals surface area contributed by atoms with Crippen molar-refractivity contribution in [1.29, 1.82) is 0 Å². The van der Waals surface area contributed by atoms with Crippen LogP contribution in [-0.2, 0) is 0 Å². The lowest BCUT2D eigenvalue weighted by Crippen LogP contribution is -2.36. The van der Waals surface area contributed by atoms with Gasteiger partial charge in [-0.15, -0.1) is 0 Å². The van der Waals surface area contributed by atoms with Crippen LogP contribution in [0.25, 0.3) is 0 Å². The van der Waals surface area contributed by atoms with Gasteiger partial charge in [0, 0.05) is 12.1 Å². The molecule has 0 spiro atoms. The number of methoxy groups -OCH3 is 3. The fourth-order valence-electron chi connectivity index (χ4n) is 2.80. The number of aliphatic hydroxyl groups is 1. The minimum absolute atomic E-state index is 0.0648. The number of benzene rings is 2. The van der Waals surface area contributed by atoms with Crippen molar-refractivity contribution < 1.29 is 34.0 Å². The van der Waals surface area contributed by atoms with E-state index in [0.29, 0.717) is 22.8 Å². The molecule has 0 fully saturated rings. The second-order valence-electron chi connectivity index (χ2n) is 5.48. The highest BCUT2D eigenvalue weighted by Crippen LogP contribution is 2.43. The summed E-state index contributed by atoms with van der Waals surface area (Å²) in [5, 5.41) is 20.4. The normalized spacial score (nSPS) is 19.0. The molecule has 2 aromatic carbocycles. The molecule has 132 valence electrons. The molecule has 0 bridgehead atoms. The molecule has 2 aromatic rings. The Balaban J connectivity index is 2.05. The van der Waals surface area contributed by atoms with Gasteiger partial charge in [0.15, 0.2) is 23.7 Å². The predicted octanol–water partition coefficient (Wildman–Crippen LogP) is 2.10. The van der Waals surface area contributed by atoms with Crippen molar-refractivity contribution in [3.05, 3.63) is 41.5 Å². The van der Waals surface area contributed by atoms with Crippen molar-refractivity contribution >= 4 is 5.78 Å². The summed E-state index contributed by atoms with van der Waals surface area (Å²) in [4.78, 5) is 12.5. The maximum Gasteiger partial charge on any atom is 0.202 e. The van der Waals surface area contributed by atoms with Gasteiger partial charge in [-0.2, -0.15) is 0 Å². The largest absolute Gasteiger partial charge is 0.507 e. The number of hydrogen-bond acceptors (Lipinski definition) is 7. The number of aromatic hydroxyl groups is 1. The van der Waals surface area contributed by atoms with Crippen molar-refractivity contribution in [2.75, 3.05) is 21.3 Å². The Bertz CT molecular complexity index is 815. The summed E-state index contributed by atoms with van der Waals surface area (Å²) in [6.45, 7) is 0. The summed E-state index contributed by atoms with van der Waals surface area (Å²) in [5.41, 5.74) is 0.469. The van der Waals surface area contributed by atoms with Gasteiger partial charge in [0.05, 0.1) is 21.3 Å². The van der Waals surface area contributed by atoms with Crippen LogP contribution in [0.3, 0.4) is 0 Å². The molecule has 25 heavy (non-hydrogen) atoms. The average molecular weight is 346 g/mol. The zero-order valence-electron chi connectivity index (χ0n) is 14.0. The van der Waals surface area contributed by atoms with Crippen molar-refractivity contribution in [3.63, 3.8) is 0 Å². The topological polar surface area (TPSA) is 94.5 Å². The molecule has 1 aliphatic heterocycles. The van der Waals surface area contributed by atoms with Crippen molar-refractivity contribution in [1.82, 2.24) is 0 Å². The Morgan fingerprint density at radius 3 is 2.36 bits per heavy atom. The van der Waals surface area contributed by atoms with E-state index in [4.69, 9.17) is 18.9 Å². The molecule has 2 atom stereocenters. The highest BCUT2D eigenvalue weighted by atomic mass is 16.5. The van der Waals surface area contributed by atoms with E-state index in [1.165, 1.54) is 33.5 Å². The number of phenols is 1. The Kier molecular flexibility index (Phi) is 4.41. The molecular weight excluding hydrogens is 328 g/mol. The predicted molar refractivity (Wildman–Crippen MR) is 87.9 cm³/mol. The maximum atomic E-state index is 12.5. The summed E-state index contributed by atoms with van der Waals surface area (Å²) in [6.07, 6.45) is -2.42. The number of phenolic OH excluding ortho intramolecular Hbond substituents is 1. The number of aliphatic hydroxyl groups excluding tert-OH is 1. The summed E-state index contributed by atoms with van der Waals surface area (Å²) >= 11 is 0. The van der Waals surface area contributed by atoms with E-state index in [1.54, 1.807) is 18.2 Å². The summed E-state index contributed by atoms with van der Waals surface area (Å²) < 4.78 is 21.3. The van der Waals surface area contributed by atoms with E-state index >= 15 is 0 Å². The number of carbonyl (C=O) groups excluding carboxylic acids is 1. The smallest absolute Gasteiger partial charge is 0.202 e. The molecule has 7 heteroatoms. The van der Waals surface area contributed by atoms with E-state index in [-0.39, 0.29) is 17.1 Å². The van der Waals surface area contributed by atoms with Crippen molar-refractivity contribution in [3.8, 4) is 28.7 Å². The Labute approximate surface area is 144 Å². The lowest BCUT2D eigenvalue weighted by Gasteiger charge is -2.30. The summed E-state index contributed by atoms with van der Waals surface area (Å²) in [6, 6.07) is 7.75. The second-order valence-corrected chi connectivity index (χ2v) is 5.48. The first-order valence-electron chi connectivity index (χ1n) is 7.52. The molecule has 0 unspecified atom stereocenters. The van der Waals surface area contributed by atoms with Crippen LogP contribution in [0.2, 0.25) is 0 Å². The highest BCUT2D eigenvalue weighted by Gasteiger charge is 2.39. The van der Waals surface area contributed by atoms with Gasteiger partial charge in [-0.05, 0) is 17.7 Å². The molecule has 1 aliphatic rings. The standard InChI is InChI=1S/C18H18O7/c1-22-10-7-11(19)15-14(8-10)25-18(17(21)16(15)20)9-4-5-12(23-2)13(6-9)24-3/h4-8,17-19,21H,1-3H3/t17-,18-/m0/s1. The van der Waals surface area contributed by atoms with E-state index in [1.807, 2.05) is 0 Å². The van der Waals surface area contributed by atoms with Crippen LogP contribution in [0.15, 0.2) is 30.3 Å². The fraction of sp³-hybridized carbons (Fsp3) is 0.278. The molecule has 3 rings (SSSR count). The minimum Gasteiger partial charge on any atom is -0.507 e. The van der Waals surface area contributed by atoms with Crippen LogP contribution < -0.4 is 18.9 Å². The number of hydrogen-bond donors (Lipinski definition) is 2. The van der Waals surface area contributed by atoms with E-state index in [0.717, 1.165) is 0 Å². The van der Waals surface area contributed by atoms with Gasteiger partial charge in [0.1, 0.15) is 22.8 Å². The van der Waals surface area contributed by atoms with Crippen LogP contribution in [0.4, 0.5) is 0 Å². The van der Waals surface area contributed by atoms with Crippen molar-refractivity contribution in [2.45, 2.75) is 12.2 Å². The molecule has 0 saturated heterocycles. The number of rotatable bonds is 4. The van der Waals surface area contributed by atoms with E-state index < -0.39 is 18.0 Å². The molecule has 0 aromatic heterocycles. The minimum atomic E-state index is -1.47. The number of ether oxygens (including phenoxy) is 4. The Morgan fingerprint density at radius 1 is 1.00 bits per heavy atom. The van der Waals surface area contributed by atoms with Gasteiger partial charge < -0.3 is 29.2 Å². The molecule has 2 N–H and O–H groups in total. The van der Waals surface area contributed by atoms with Gasteiger partial charge in [-0.3, -0.25) is 4.79 Å². The van der Waals surface area contributed by atoms with Crippen LogP contribution in [0.5, 0.6) is 28.7 Å². The number of carbonyl (C=O) groups is 1. The number of ketones is 1. The third-order valence-corrected chi connectivity index (χ3v) is 4.08. The molecule has 1 heterocycles. The quantitative estimate of drug-likeness (QED) is 0.875. The third-order valence-electron chi connectivity index (χ3n) is 4.08. The molecule has 0 amide bonds. The summed E-state index contributed by atoms with van der Waals surface area (Å²) in [5.74, 6) is 0.522. The van der Waals surface area contributed by atoms with Crippen LogP contribution in [-0.4, -0.2) is 43.4 Å². The van der Waals surface area contributed by atoms with Crippen molar-refractivity contribution in [2.24, 2.45) is 0 Å². The first kappa shape index (κ1) is 16.9. The average Bonchev–Trinajstić information content (AvgIpc) is 2.63. The van der Waals surface area contributed by atoms with E-state index in [2.05, 4.69) is 0 Å². The van der Waals surface area contributed by atoms with Crippen LogP contribution >= 0.6 is 0 Å². The van der Waals surface area contributed by atoms with Crippen LogP contribution in [0, 0.1) is 0 Å². The second kappa shape index (κ2) is 6.52. The van der Waals surface area contributed by atoms with Gasteiger partial charge >= 0.3 is 0 Å². The van der Waals surface area contributed by atoms with Gasteiger partial charge in [-0.25, -0.2) is 0 Å². The molecule has 7 nitrogen and oxygen atoms in total. The number of fused-ring (bicyclic) bond motifs is 1. The maximum absolute atomic E-state index is 12.5. The molecule has 0 radical (unpaired) electrons. The van der Waals surface area contributed by atoms with E-state index in [9.17, 15) is 15.0 Å². The monoisotopic (exact) mass is 346 g/mol. The number of Topliss-reactive ketones (excluding diaryl/α,β-unsaturated/α-hetero) is 1. The highest BCUT2D eigenvalue weighted by molar-refractivity contribution is 6.05. The van der Waals surface area contributed by atoms with Gasteiger partial charge in [0.25, 0.3) is 0 Å². The van der Waals surface area contributed by atoms with Crippen LogP contribution in [0.1, 0.15) is 22.0 Å². The zero-order valence-corrected chi connectivity index (χ0v) is 14.0. The molecule has 0 aliphatic carbocycles. The van der Waals surface area contributed by atoms with Gasteiger partial charge in [-0.1, -0.05) is 6.07 Å². The molecule has 0 saturated carbocycles. The SMILES string of the molecule is COc1cc(O)c2c(c1)O[C@@H](c1ccc(OC)c(OC)c1)[C@@H](O)C2=O. The third kappa shape index (κ3) is 2.83. The fourth-order valence-corrected chi connectivity index (χ4v) is 2.80. The zero-order chi connectivity index (χ0) is 18.1. The first-order valence-corrected chi connectivity index (χ1v) is 7.52. The lowest BCUT2D eigenvalue weighted by atomic mass is 9.92. The lowest BCUT2D eigenvalue weighted by molar-refractivity contribution is 0.0210. The Hall–Kier alpha value is -2.93.